The topological polar surface area (TPSA) is 116 Å². The Balaban J connectivity index is 1.67. The van der Waals surface area contributed by atoms with E-state index in [1.807, 2.05) is 0 Å². The van der Waals surface area contributed by atoms with E-state index in [4.69, 9.17) is 11.6 Å². The average molecular weight is 534 g/mol. The molecule has 0 aliphatic heterocycles. The summed E-state index contributed by atoms with van der Waals surface area (Å²) in [5.74, 6) is -1.31. The molecule has 3 aromatic rings. The van der Waals surface area contributed by atoms with E-state index in [1.165, 1.54) is 11.0 Å². The summed E-state index contributed by atoms with van der Waals surface area (Å²) in [7, 11) is -1.05. The largest absolute Gasteiger partial charge is 0.480 e. The van der Waals surface area contributed by atoms with E-state index in [1.54, 1.807) is 74.8 Å². The van der Waals surface area contributed by atoms with Crippen molar-refractivity contribution in [1.82, 2.24) is 14.9 Å². The van der Waals surface area contributed by atoms with Crippen LogP contribution in [0, 0.1) is 0 Å². The van der Waals surface area contributed by atoms with Crippen LogP contribution in [-0.4, -0.2) is 56.6 Å². The minimum Gasteiger partial charge on any atom is -0.480 e. The highest BCUT2D eigenvalue weighted by Gasteiger charge is 2.74. The quantitative estimate of drug-likeness (QED) is 0.407. The molecule has 1 aromatic heterocycles. The number of sulfonamides is 1. The van der Waals surface area contributed by atoms with Crippen molar-refractivity contribution in [3.05, 3.63) is 77.3 Å². The number of carbonyl (C=O) groups is 2. The van der Waals surface area contributed by atoms with E-state index in [2.05, 4.69) is 10.0 Å². The van der Waals surface area contributed by atoms with Gasteiger partial charge in [0.1, 0.15) is 9.75 Å². The molecule has 1 saturated carbocycles. The first-order valence-electron chi connectivity index (χ1n) is 10.6. The fraction of sp³-hybridized carbons (Fsp3) is 0.250. The van der Waals surface area contributed by atoms with Crippen molar-refractivity contribution >= 4 is 45.0 Å². The highest BCUT2D eigenvalue weighted by atomic mass is 35.5. The fourth-order valence-corrected chi connectivity index (χ4v) is 7.05. The number of aliphatic carboxylic acids is 1. The minimum absolute atomic E-state index is 0.00531. The van der Waals surface area contributed by atoms with E-state index >= 15 is 0 Å². The number of carboxylic acids is 1. The minimum atomic E-state index is -4.19. The zero-order valence-corrected chi connectivity index (χ0v) is 21.4. The molecule has 2 amide bonds. The number of carboxylic acid groups (broad SMARTS) is 1. The molecule has 1 aliphatic carbocycles. The summed E-state index contributed by atoms with van der Waals surface area (Å²) in [6.45, 7) is -0.0523. The number of thiophene rings is 1. The maximum absolute atomic E-state index is 13.4. The molecule has 4 rings (SSSR count). The van der Waals surface area contributed by atoms with Crippen molar-refractivity contribution in [3.63, 3.8) is 0 Å². The Labute approximate surface area is 212 Å². The number of nitrogens with one attached hydrogen (secondary N) is 2. The number of nitrogens with zero attached hydrogens (tertiary/aromatic N) is 1. The summed E-state index contributed by atoms with van der Waals surface area (Å²) in [6.07, 6.45) is -0.0122. The van der Waals surface area contributed by atoms with Gasteiger partial charge in [-0.25, -0.2) is 13.2 Å². The fourth-order valence-electron chi connectivity index (χ4n) is 4.19. The monoisotopic (exact) mass is 533 g/mol. The smallest absolute Gasteiger partial charge is 0.325 e. The molecule has 0 spiro atoms. The Hall–Kier alpha value is -2.92. The van der Waals surface area contributed by atoms with Gasteiger partial charge < -0.3 is 15.3 Å². The molecule has 1 fully saturated rings. The molecule has 2 atom stereocenters. The third kappa shape index (κ3) is 4.66. The number of urea groups is 1. The van der Waals surface area contributed by atoms with E-state index in [-0.39, 0.29) is 17.2 Å². The van der Waals surface area contributed by atoms with E-state index in [9.17, 15) is 23.1 Å². The van der Waals surface area contributed by atoms with Crippen molar-refractivity contribution in [2.75, 3.05) is 20.6 Å². The Morgan fingerprint density at radius 3 is 2.31 bits per heavy atom. The van der Waals surface area contributed by atoms with Gasteiger partial charge in [-0.1, -0.05) is 54.1 Å². The molecule has 184 valence electrons. The van der Waals surface area contributed by atoms with E-state index in [0.717, 1.165) is 16.9 Å². The third-order valence-electron chi connectivity index (χ3n) is 6.18. The summed E-state index contributed by atoms with van der Waals surface area (Å²) in [4.78, 5) is 26.8. The number of rotatable bonds is 8. The molecule has 0 saturated heterocycles. The number of hydrogen-bond acceptors (Lipinski definition) is 5. The highest BCUT2D eigenvalue weighted by Crippen LogP contribution is 2.58. The maximum atomic E-state index is 13.4. The predicted octanol–water partition coefficient (Wildman–Crippen LogP) is 3.78. The Bertz CT molecular complexity index is 1360. The van der Waals surface area contributed by atoms with Crippen LogP contribution in [-0.2, 0) is 20.2 Å². The molecule has 11 heteroatoms. The first-order chi connectivity index (χ1) is 16.5. The molecule has 3 N–H and O–H groups in total. The van der Waals surface area contributed by atoms with Crippen LogP contribution in [0.1, 0.15) is 12.0 Å². The zero-order valence-electron chi connectivity index (χ0n) is 19.0. The maximum Gasteiger partial charge on any atom is 0.325 e. The Morgan fingerprint density at radius 1 is 1.06 bits per heavy atom. The standard InChI is InChI=1S/C24H24ClN3O5S2/c1-28(2)22(31)26-15-23(17-6-4-3-5-7-17)14-24(23,21(29)30)27-35(32,33)20-13-12-19(34-20)16-8-10-18(25)11-9-16/h3-13,27H,14-15H2,1-2H3,(H,26,31)(H,29,30). The lowest BCUT2D eigenvalue weighted by atomic mass is 9.90. The third-order valence-corrected chi connectivity index (χ3v) is 9.55. The number of benzene rings is 2. The van der Waals surface area contributed by atoms with Crippen LogP contribution < -0.4 is 10.0 Å². The van der Waals surface area contributed by atoms with Crippen LogP contribution in [0.4, 0.5) is 4.79 Å². The van der Waals surface area contributed by atoms with Gasteiger partial charge in [0.2, 0.25) is 0 Å². The van der Waals surface area contributed by atoms with Gasteiger partial charge in [0.05, 0.1) is 0 Å². The molecule has 35 heavy (non-hydrogen) atoms. The first-order valence-corrected chi connectivity index (χ1v) is 13.3. The summed E-state index contributed by atoms with van der Waals surface area (Å²) in [5.41, 5.74) is -1.56. The SMILES string of the molecule is CN(C)C(=O)NCC1(c2ccccc2)CC1(NS(=O)(=O)c1ccc(-c2ccc(Cl)cc2)s1)C(=O)O. The van der Waals surface area contributed by atoms with Gasteiger partial charge in [0.25, 0.3) is 10.0 Å². The van der Waals surface area contributed by atoms with Gasteiger partial charge in [0.15, 0.2) is 0 Å². The van der Waals surface area contributed by atoms with Crippen molar-refractivity contribution in [2.45, 2.75) is 21.6 Å². The first kappa shape index (κ1) is 25.2. The van der Waals surface area contributed by atoms with Crippen molar-refractivity contribution in [1.29, 1.82) is 0 Å². The molecule has 0 bridgehead atoms. The van der Waals surface area contributed by atoms with Crippen molar-refractivity contribution in [3.8, 4) is 10.4 Å². The number of amides is 2. The lowest BCUT2D eigenvalue weighted by Crippen LogP contribution is -2.52. The number of halogens is 1. The van der Waals surface area contributed by atoms with Crippen molar-refractivity contribution in [2.24, 2.45) is 0 Å². The molecule has 2 aromatic carbocycles. The Kier molecular flexibility index (Phi) is 6.67. The van der Waals surface area contributed by atoms with Gasteiger partial charge in [-0.3, -0.25) is 4.79 Å². The highest BCUT2D eigenvalue weighted by molar-refractivity contribution is 7.91. The van der Waals surface area contributed by atoms with Crippen LogP contribution in [0.5, 0.6) is 0 Å². The molecule has 2 unspecified atom stereocenters. The summed E-state index contributed by atoms with van der Waals surface area (Å²) in [5, 5.41) is 13.5. The van der Waals surface area contributed by atoms with Gasteiger partial charge >= 0.3 is 12.0 Å². The second-order valence-electron chi connectivity index (χ2n) is 8.62. The van der Waals surface area contributed by atoms with Crippen LogP contribution in [0.3, 0.4) is 0 Å². The second kappa shape index (κ2) is 9.27. The Morgan fingerprint density at radius 2 is 1.71 bits per heavy atom. The van der Waals surface area contributed by atoms with Crippen LogP contribution in [0.15, 0.2) is 70.9 Å². The normalized spacial score (nSPS) is 21.3. The molecule has 1 heterocycles. The van der Waals surface area contributed by atoms with Gasteiger partial charge in [-0.15, -0.1) is 11.3 Å². The number of hydrogen-bond donors (Lipinski definition) is 3. The molecule has 1 aliphatic rings. The van der Waals surface area contributed by atoms with E-state index < -0.39 is 33.0 Å². The second-order valence-corrected chi connectivity index (χ2v) is 12.0. The van der Waals surface area contributed by atoms with Gasteiger partial charge in [-0.05, 0) is 41.8 Å². The number of carbonyl (C=O) groups excluding carboxylic acids is 1. The summed E-state index contributed by atoms with van der Waals surface area (Å²) >= 11 is 6.97. The van der Waals surface area contributed by atoms with Crippen LogP contribution in [0.25, 0.3) is 10.4 Å². The predicted molar refractivity (Wildman–Crippen MR) is 135 cm³/mol. The summed E-state index contributed by atoms with van der Waals surface area (Å²) < 4.78 is 29.2. The molecule has 8 nitrogen and oxygen atoms in total. The van der Waals surface area contributed by atoms with Crippen LogP contribution >= 0.6 is 22.9 Å². The van der Waals surface area contributed by atoms with E-state index in [0.29, 0.717) is 15.5 Å². The molecular formula is C24H24ClN3O5S2. The summed E-state index contributed by atoms with van der Waals surface area (Å²) in [6, 6.07) is 18.5. The lowest BCUT2D eigenvalue weighted by Gasteiger charge is -2.25. The molecular weight excluding hydrogens is 510 g/mol. The van der Waals surface area contributed by atoms with Gasteiger partial charge in [-0.2, -0.15) is 4.72 Å². The average Bonchev–Trinajstić information content (AvgIpc) is 3.20. The molecule has 0 radical (unpaired) electrons. The van der Waals surface area contributed by atoms with Gasteiger partial charge in [0, 0.05) is 36.0 Å². The van der Waals surface area contributed by atoms with Crippen molar-refractivity contribution < 1.29 is 23.1 Å². The van der Waals surface area contributed by atoms with Crippen LogP contribution in [0.2, 0.25) is 5.02 Å². The zero-order chi connectivity index (χ0) is 25.4. The lowest BCUT2D eigenvalue weighted by molar-refractivity contribution is -0.140.